The van der Waals surface area contributed by atoms with Gasteiger partial charge in [-0.25, -0.2) is 0 Å². The van der Waals surface area contributed by atoms with E-state index in [0.717, 1.165) is 49.2 Å². The molecular formula is C24H14N4. The van der Waals surface area contributed by atoms with Gasteiger partial charge in [-0.3, -0.25) is 19.9 Å². The molecule has 0 aliphatic carbocycles. The van der Waals surface area contributed by atoms with Crippen molar-refractivity contribution in [3.63, 3.8) is 0 Å². The van der Waals surface area contributed by atoms with Gasteiger partial charge in [-0.15, -0.1) is 0 Å². The molecule has 0 saturated carbocycles. The zero-order chi connectivity index (χ0) is 18.5. The first-order chi connectivity index (χ1) is 13.9. The van der Waals surface area contributed by atoms with Gasteiger partial charge >= 0.3 is 0 Å². The summed E-state index contributed by atoms with van der Waals surface area (Å²) in [6, 6.07) is 18.7. The van der Waals surface area contributed by atoms with E-state index < -0.39 is 0 Å². The highest BCUT2D eigenvalue weighted by molar-refractivity contribution is 6.11. The molecule has 4 aromatic heterocycles. The molecule has 4 heterocycles. The summed E-state index contributed by atoms with van der Waals surface area (Å²) in [6.45, 7) is 0. The maximum Gasteiger partial charge on any atom is 0.0971 e. The van der Waals surface area contributed by atoms with Crippen LogP contribution in [0.25, 0.3) is 54.6 Å². The van der Waals surface area contributed by atoms with Crippen LogP contribution in [0.5, 0.6) is 0 Å². The maximum absolute atomic E-state index is 4.81. The third-order valence-electron chi connectivity index (χ3n) is 5.26. The average molecular weight is 358 g/mol. The normalized spacial score (nSPS) is 11.6. The highest BCUT2D eigenvalue weighted by atomic mass is 14.7. The van der Waals surface area contributed by atoms with Crippen LogP contribution >= 0.6 is 0 Å². The van der Waals surface area contributed by atoms with Gasteiger partial charge in [0.2, 0.25) is 0 Å². The van der Waals surface area contributed by atoms with Crippen LogP contribution in [0.4, 0.5) is 0 Å². The standard InChI is InChI=1S/C24H14N4/c1-3-17-11-19(18-4-2-9-27-24(18)23(17)26-8-1)22-12-16-6-5-15-7-10-25-13-20(15)21(16)14-28-22/h1-14H. The highest BCUT2D eigenvalue weighted by Crippen LogP contribution is 2.34. The molecule has 0 fully saturated rings. The molecule has 0 spiro atoms. The largest absolute Gasteiger partial charge is 0.264 e. The predicted octanol–water partition coefficient (Wildman–Crippen LogP) is 5.55. The van der Waals surface area contributed by atoms with Crippen molar-refractivity contribution < 1.29 is 0 Å². The first-order valence-electron chi connectivity index (χ1n) is 9.14. The minimum atomic E-state index is 0.903. The van der Waals surface area contributed by atoms with Gasteiger partial charge in [-0.05, 0) is 41.1 Å². The number of fused-ring (bicyclic) bond motifs is 6. The topological polar surface area (TPSA) is 51.6 Å². The highest BCUT2D eigenvalue weighted by Gasteiger charge is 2.12. The fourth-order valence-electron chi connectivity index (χ4n) is 3.92. The van der Waals surface area contributed by atoms with Gasteiger partial charge in [0.15, 0.2) is 0 Å². The Balaban J connectivity index is 1.68. The summed E-state index contributed by atoms with van der Waals surface area (Å²) in [5.41, 5.74) is 3.82. The minimum Gasteiger partial charge on any atom is -0.264 e. The van der Waals surface area contributed by atoms with Crippen molar-refractivity contribution >= 4 is 43.4 Å². The Morgan fingerprint density at radius 3 is 2.32 bits per heavy atom. The van der Waals surface area contributed by atoms with Gasteiger partial charge in [0.05, 0.1) is 16.7 Å². The Labute approximate surface area is 160 Å². The van der Waals surface area contributed by atoms with Crippen molar-refractivity contribution in [3.8, 4) is 11.3 Å². The number of pyridine rings is 4. The zero-order valence-electron chi connectivity index (χ0n) is 14.9. The van der Waals surface area contributed by atoms with Gasteiger partial charge in [0.1, 0.15) is 0 Å². The lowest BCUT2D eigenvalue weighted by molar-refractivity contribution is 1.34. The van der Waals surface area contributed by atoms with Crippen molar-refractivity contribution in [2.24, 2.45) is 0 Å². The van der Waals surface area contributed by atoms with Crippen LogP contribution in [0.2, 0.25) is 0 Å². The van der Waals surface area contributed by atoms with Gasteiger partial charge in [0.25, 0.3) is 0 Å². The van der Waals surface area contributed by atoms with E-state index >= 15 is 0 Å². The van der Waals surface area contributed by atoms with Crippen LogP contribution in [0.3, 0.4) is 0 Å². The monoisotopic (exact) mass is 358 g/mol. The summed E-state index contributed by atoms with van der Waals surface area (Å²) >= 11 is 0. The van der Waals surface area contributed by atoms with E-state index in [4.69, 9.17) is 4.98 Å². The molecular weight excluding hydrogens is 344 g/mol. The summed E-state index contributed by atoms with van der Waals surface area (Å²) in [5.74, 6) is 0. The summed E-state index contributed by atoms with van der Waals surface area (Å²) in [4.78, 5) is 18.2. The third-order valence-corrected chi connectivity index (χ3v) is 5.26. The van der Waals surface area contributed by atoms with Crippen molar-refractivity contribution in [2.45, 2.75) is 0 Å². The molecule has 130 valence electrons. The number of hydrogen-bond acceptors (Lipinski definition) is 4. The molecule has 0 aliphatic rings. The number of aromatic nitrogens is 4. The summed E-state index contributed by atoms with van der Waals surface area (Å²) < 4.78 is 0. The SMILES string of the molecule is c1cnc2c(c1)cc(-c1cc3ccc4ccncc4c3cn1)c1cccnc12. The van der Waals surface area contributed by atoms with Crippen LogP contribution in [0.1, 0.15) is 0 Å². The lowest BCUT2D eigenvalue weighted by atomic mass is 9.99. The molecule has 2 aromatic carbocycles. The van der Waals surface area contributed by atoms with E-state index in [0.29, 0.717) is 0 Å². The first kappa shape index (κ1) is 15.2. The van der Waals surface area contributed by atoms with Crippen LogP contribution in [-0.4, -0.2) is 19.9 Å². The fourth-order valence-corrected chi connectivity index (χ4v) is 3.92. The number of rotatable bonds is 1. The number of benzene rings is 2. The van der Waals surface area contributed by atoms with Crippen LogP contribution in [0, 0.1) is 0 Å². The molecule has 0 unspecified atom stereocenters. The molecule has 4 heteroatoms. The van der Waals surface area contributed by atoms with Crippen LogP contribution < -0.4 is 0 Å². The summed E-state index contributed by atoms with van der Waals surface area (Å²) in [6.07, 6.45) is 9.29. The second-order valence-corrected chi connectivity index (χ2v) is 6.85. The zero-order valence-corrected chi connectivity index (χ0v) is 14.9. The van der Waals surface area contributed by atoms with Crippen molar-refractivity contribution in [1.82, 2.24) is 19.9 Å². The maximum atomic E-state index is 4.81. The van der Waals surface area contributed by atoms with Gasteiger partial charge < -0.3 is 0 Å². The van der Waals surface area contributed by atoms with Crippen LogP contribution in [-0.2, 0) is 0 Å². The Hall–Kier alpha value is -3.92. The van der Waals surface area contributed by atoms with E-state index in [1.54, 1.807) is 0 Å². The molecule has 0 radical (unpaired) electrons. The van der Waals surface area contributed by atoms with Crippen molar-refractivity contribution in [1.29, 1.82) is 0 Å². The molecule has 0 atom stereocenters. The molecule has 0 N–H and O–H groups in total. The third kappa shape index (κ3) is 2.18. The fraction of sp³-hybridized carbons (Fsp3) is 0. The second-order valence-electron chi connectivity index (χ2n) is 6.85. The van der Waals surface area contributed by atoms with Crippen LogP contribution in [0.15, 0.2) is 85.6 Å². The molecule has 28 heavy (non-hydrogen) atoms. The van der Waals surface area contributed by atoms with E-state index in [1.807, 2.05) is 49.2 Å². The smallest absolute Gasteiger partial charge is 0.0971 e. The van der Waals surface area contributed by atoms with E-state index in [9.17, 15) is 0 Å². The number of nitrogens with zero attached hydrogens (tertiary/aromatic N) is 4. The lowest BCUT2D eigenvalue weighted by Crippen LogP contribution is -1.91. The Bertz CT molecular complexity index is 1520. The molecule has 6 rings (SSSR count). The van der Waals surface area contributed by atoms with E-state index in [2.05, 4.69) is 51.4 Å². The van der Waals surface area contributed by atoms with Gasteiger partial charge in [0, 0.05) is 58.1 Å². The second kappa shape index (κ2) is 5.79. The first-order valence-corrected chi connectivity index (χ1v) is 9.14. The Morgan fingerprint density at radius 1 is 0.536 bits per heavy atom. The summed E-state index contributed by atoms with van der Waals surface area (Å²) in [5, 5.41) is 6.67. The van der Waals surface area contributed by atoms with Gasteiger partial charge in [-0.2, -0.15) is 0 Å². The van der Waals surface area contributed by atoms with Crippen molar-refractivity contribution in [2.75, 3.05) is 0 Å². The molecule has 0 saturated heterocycles. The molecule has 4 nitrogen and oxygen atoms in total. The predicted molar refractivity (Wildman–Crippen MR) is 113 cm³/mol. The molecule has 0 aliphatic heterocycles. The molecule has 0 amide bonds. The quantitative estimate of drug-likeness (QED) is 0.362. The van der Waals surface area contributed by atoms with Crippen molar-refractivity contribution in [3.05, 3.63) is 85.6 Å². The minimum absolute atomic E-state index is 0.903. The van der Waals surface area contributed by atoms with E-state index in [1.165, 1.54) is 5.39 Å². The average Bonchev–Trinajstić information content (AvgIpc) is 2.78. The number of hydrogen-bond donors (Lipinski definition) is 0. The molecule has 0 bridgehead atoms. The molecule has 6 aromatic rings. The Morgan fingerprint density at radius 2 is 1.36 bits per heavy atom. The van der Waals surface area contributed by atoms with Gasteiger partial charge in [-0.1, -0.05) is 24.3 Å². The van der Waals surface area contributed by atoms with E-state index in [-0.39, 0.29) is 0 Å². The Kier molecular flexibility index (Phi) is 3.14. The lowest BCUT2D eigenvalue weighted by Gasteiger charge is -2.10. The summed E-state index contributed by atoms with van der Waals surface area (Å²) in [7, 11) is 0.